The van der Waals surface area contributed by atoms with E-state index in [0.717, 1.165) is 44.3 Å². The van der Waals surface area contributed by atoms with Crippen LogP contribution >= 0.6 is 0 Å². The maximum Gasteiger partial charge on any atom is 0.276 e. The van der Waals surface area contributed by atoms with Crippen molar-refractivity contribution in [3.05, 3.63) is 47.8 Å². The van der Waals surface area contributed by atoms with Gasteiger partial charge in [-0.05, 0) is 43.7 Å². The zero-order chi connectivity index (χ0) is 20.1. The van der Waals surface area contributed by atoms with E-state index in [0.29, 0.717) is 25.3 Å². The number of hydrogen-bond donors (Lipinski definition) is 2. The molecule has 0 bridgehead atoms. The molecule has 2 aliphatic rings. The van der Waals surface area contributed by atoms with Gasteiger partial charge in [0.25, 0.3) is 5.91 Å². The molecule has 8 nitrogen and oxygen atoms in total. The standard InChI is InChI=1S/C21H28N6O2/c28-20(18-9-4-10-22-18)23-12-17-8-5-11-26(13-17)21(29)19-15-27(25-24-19)14-16-6-2-1-3-7-16/h1-3,6-7,15,17-18,22H,4-5,8-14H2,(H,23,28). The Morgan fingerprint density at radius 3 is 2.83 bits per heavy atom. The molecule has 0 spiro atoms. The van der Waals surface area contributed by atoms with Crippen molar-refractivity contribution in [2.75, 3.05) is 26.2 Å². The molecule has 3 heterocycles. The van der Waals surface area contributed by atoms with E-state index in [1.54, 1.807) is 10.9 Å². The summed E-state index contributed by atoms with van der Waals surface area (Å²) in [6.07, 6.45) is 5.62. The van der Waals surface area contributed by atoms with Crippen LogP contribution in [0.5, 0.6) is 0 Å². The van der Waals surface area contributed by atoms with E-state index in [4.69, 9.17) is 0 Å². The second kappa shape index (κ2) is 9.17. The molecule has 0 saturated carbocycles. The molecule has 0 radical (unpaired) electrons. The van der Waals surface area contributed by atoms with Gasteiger partial charge in [-0.15, -0.1) is 5.10 Å². The summed E-state index contributed by atoms with van der Waals surface area (Å²) < 4.78 is 1.69. The Labute approximate surface area is 170 Å². The van der Waals surface area contributed by atoms with Gasteiger partial charge < -0.3 is 15.5 Å². The van der Waals surface area contributed by atoms with Crippen LogP contribution in [0.25, 0.3) is 0 Å². The lowest BCUT2D eigenvalue weighted by Gasteiger charge is -2.32. The van der Waals surface area contributed by atoms with E-state index in [-0.39, 0.29) is 23.8 Å². The first-order chi connectivity index (χ1) is 14.2. The fourth-order valence-electron chi connectivity index (χ4n) is 4.10. The quantitative estimate of drug-likeness (QED) is 0.761. The Morgan fingerprint density at radius 2 is 2.03 bits per heavy atom. The number of aromatic nitrogens is 3. The van der Waals surface area contributed by atoms with Crippen molar-refractivity contribution in [2.45, 2.75) is 38.3 Å². The van der Waals surface area contributed by atoms with Gasteiger partial charge in [0, 0.05) is 19.6 Å². The Kier molecular flexibility index (Phi) is 6.19. The Hall–Kier alpha value is -2.74. The highest BCUT2D eigenvalue weighted by molar-refractivity contribution is 5.92. The molecule has 1 aromatic carbocycles. The van der Waals surface area contributed by atoms with E-state index in [2.05, 4.69) is 20.9 Å². The van der Waals surface area contributed by atoms with Crippen molar-refractivity contribution in [1.29, 1.82) is 0 Å². The van der Waals surface area contributed by atoms with Gasteiger partial charge in [0.15, 0.2) is 5.69 Å². The van der Waals surface area contributed by atoms with Crippen molar-refractivity contribution >= 4 is 11.8 Å². The van der Waals surface area contributed by atoms with Crippen LogP contribution in [-0.2, 0) is 11.3 Å². The van der Waals surface area contributed by atoms with Crippen LogP contribution in [0.3, 0.4) is 0 Å². The molecule has 2 unspecified atom stereocenters. The molecule has 154 valence electrons. The second-order valence-corrected chi connectivity index (χ2v) is 7.94. The van der Waals surface area contributed by atoms with Gasteiger partial charge in [0.05, 0.1) is 18.8 Å². The monoisotopic (exact) mass is 396 g/mol. The molecule has 2 atom stereocenters. The average Bonchev–Trinajstić information content (AvgIpc) is 3.45. The number of carbonyl (C=O) groups is 2. The number of piperidine rings is 1. The fourth-order valence-corrected chi connectivity index (χ4v) is 4.10. The number of nitrogens with zero attached hydrogens (tertiary/aromatic N) is 4. The van der Waals surface area contributed by atoms with Gasteiger partial charge >= 0.3 is 0 Å². The smallest absolute Gasteiger partial charge is 0.276 e. The predicted molar refractivity (Wildman–Crippen MR) is 108 cm³/mol. The third-order valence-electron chi connectivity index (χ3n) is 5.69. The maximum atomic E-state index is 12.9. The highest BCUT2D eigenvalue weighted by Crippen LogP contribution is 2.18. The van der Waals surface area contributed by atoms with Crippen LogP contribution in [-0.4, -0.2) is 63.9 Å². The molecule has 2 N–H and O–H groups in total. The molecule has 2 saturated heterocycles. The molecule has 8 heteroatoms. The Balaban J connectivity index is 1.30. The summed E-state index contributed by atoms with van der Waals surface area (Å²) in [5.41, 5.74) is 1.49. The number of likely N-dealkylation sites (tertiary alicyclic amines) is 1. The van der Waals surface area contributed by atoms with Crippen LogP contribution < -0.4 is 10.6 Å². The van der Waals surface area contributed by atoms with E-state index in [1.165, 1.54) is 0 Å². The van der Waals surface area contributed by atoms with E-state index in [1.807, 2.05) is 35.2 Å². The molecule has 2 aromatic rings. The summed E-state index contributed by atoms with van der Waals surface area (Å²) in [6.45, 7) is 3.48. The van der Waals surface area contributed by atoms with Crippen LogP contribution in [0, 0.1) is 5.92 Å². The van der Waals surface area contributed by atoms with Crippen LogP contribution in [0.4, 0.5) is 0 Å². The van der Waals surface area contributed by atoms with Gasteiger partial charge in [0.2, 0.25) is 5.91 Å². The molecule has 1 aromatic heterocycles. The van der Waals surface area contributed by atoms with Crippen molar-refractivity contribution in [1.82, 2.24) is 30.5 Å². The topological polar surface area (TPSA) is 92.2 Å². The number of rotatable bonds is 6. The minimum Gasteiger partial charge on any atom is -0.354 e. The van der Waals surface area contributed by atoms with Gasteiger partial charge in [-0.2, -0.15) is 0 Å². The molecule has 2 amide bonds. The molecule has 29 heavy (non-hydrogen) atoms. The van der Waals surface area contributed by atoms with Crippen LogP contribution in [0.2, 0.25) is 0 Å². The summed E-state index contributed by atoms with van der Waals surface area (Å²) in [5, 5.41) is 14.5. The highest BCUT2D eigenvalue weighted by Gasteiger charge is 2.28. The van der Waals surface area contributed by atoms with Crippen LogP contribution in [0.15, 0.2) is 36.5 Å². The van der Waals surface area contributed by atoms with Crippen molar-refractivity contribution in [3.8, 4) is 0 Å². The maximum absolute atomic E-state index is 12.9. The first-order valence-corrected chi connectivity index (χ1v) is 10.4. The minimum atomic E-state index is -0.0854. The lowest BCUT2D eigenvalue weighted by atomic mass is 9.97. The van der Waals surface area contributed by atoms with E-state index >= 15 is 0 Å². The normalized spacial score (nSPS) is 21.9. The molecule has 2 aliphatic heterocycles. The lowest BCUT2D eigenvalue weighted by molar-refractivity contribution is -0.123. The SMILES string of the molecule is O=C(NCC1CCCN(C(=O)c2cn(Cc3ccccc3)nn2)C1)C1CCCN1. The third-order valence-corrected chi connectivity index (χ3v) is 5.69. The molecule has 2 fully saturated rings. The minimum absolute atomic E-state index is 0.0593. The van der Waals surface area contributed by atoms with E-state index < -0.39 is 0 Å². The fraction of sp³-hybridized carbons (Fsp3) is 0.524. The van der Waals surface area contributed by atoms with E-state index in [9.17, 15) is 9.59 Å². The number of hydrogen-bond acceptors (Lipinski definition) is 5. The molecular formula is C21H28N6O2. The third kappa shape index (κ3) is 5.00. The number of nitrogens with one attached hydrogen (secondary N) is 2. The van der Waals surface area contributed by atoms with Crippen molar-refractivity contribution in [2.24, 2.45) is 5.92 Å². The number of benzene rings is 1. The molecular weight excluding hydrogens is 368 g/mol. The summed E-state index contributed by atoms with van der Waals surface area (Å²) in [5.74, 6) is 0.269. The predicted octanol–water partition coefficient (Wildman–Crippen LogP) is 1.05. The van der Waals surface area contributed by atoms with Gasteiger partial charge in [-0.25, -0.2) is 4.68 Å². The second-order valence-electron chi connectivity index (χ2n) is 7.94. The zero-order valence-electron chi connectivity index (χ0n) is 16.6. The summed E-state index contributed by atoms with van der Waals surface area (Å²) >= 11 is 0. The van der Waals surface area contributed by atoms with Gasteiger partial charge in [0.1, 0.15) is 0 Å². The number of carbonyl (C=O) groups excluding carboxylic acids is 2. The Morgan fingerprint density at radius 1 is 1.17 bits per heavy atom. The van der Waals surface area contributed by atoms with Gasteiger partial charge in [-0.3, -0.25) is 9.59 Å². The Bertz CT molecular complexity index is 831. The van der Waals surface area contributed by atoms with Crippen LogP contribution in [0.1, 0.15) is 41.7 Å². The summed E-state index contributed by atoms with van der Waals surface area (Å²) in [4.78, 5) is 26.9. The molecule has 4 rings (SSSR count). The van der Waals surface area contributed by atoms with Crippen molar-refractivity contribution < 1.29 is 9.59 Å². The average molecular weight is 396 g/mol. The largest absolute Gasteiger partial charge is 0.354 e. The highest BCUT2D eigenvalue weighted by atomic mass is 16.2. The zero-order valence-corrected chi connectivity index (χ0v) is 16.6. The summed E-state index contributed by atoms with van der Waals surface area (Å²) in [6, 6.07) is 9.92. The van der Waals surface area contributed by atoms with Gasteiger partial charge in [-0.1, -0.05) is 35.5 Å². The number of amides is 2. The van der Waals surface area contributed by atoms with Crippen molar-refractivity contribution in [3.63, 3.8) is 0 Å². The molecule has 0 aliphatic carbocycles. The first-order valence-electron chi connectivity index (χ1n) is 10.4. The summed E-state index contributed by atoms with van der Waals surface area (Å²) in [7, 11) is 0. The first kappa shape index (κ1) is 19.6. The lowest BCUT2D eigenvalue weighted by Crippen LogP contribution is -2.46.